The summed E-state index contributed by atoms with van der Waals surface area (Å²) in [7, 11) is -3.73. The Bertz CT molecular complexity index is 652. The molecule has 2 atom stereocenters. The van der Waals surface area contributed by atoms with Crippen LogP contribution in [0.25, 0.3) is 0 Å². The molecule has 1 N–H and O–H groups in total. The normalized spacial score (nSPS) is 30.7. The van der Waals surface area contributed by atoms with Crippen LogP contribution in [-0.2, 0) is 14.8 Å². The topological polar surface area (TPSA) is 74.7 Å². The minimum absolute atomic E-state index is 0.173. The molecule has 0 radical (unpaired) electrons. The smallest absolute Gasteiger partial charge is 0.243 e. The van der Waals surface area contributed by atoms with Gasteiger partial charge in [-0.15, -0.1) is 0 Å². The molecule has 1 saturated heterocycles. The van der Waals surface area contributed by atoms with E-state index >= 15 is 0 Å². The molecule has 0 bridgehead atoms. The van der Waals surface area contributed by atoms with Crippen LogP contribution in [0.3, 0.4) is 0 Å². The van der Waals surface area contributed by atoms with Gasteiger partial charge in [0.15, 0.2) is 5.78 Å². The van der Waals surface area contributed by atoms with Gasteiger partial charge < -0.3 is 5.11 Å². The van der Waals surface area contributed by atoms with E-state index in [2.05, 4.69) is 0 Å². The van der Waals surface area contributed by atoms with Crippen LogP contribution in [0.4, 0.5) is 0 Å². The quantitative estimate of drug-likeness (QED) is 0.878. The molecule has 5 nitrogen and oxygen atoms in total. The van der Waals surface area contributed by atoms with Crippen molar-refractivity contribution in [2.75, 3.05) is 6.54 Å². The van der Waals surface area contributed by atoms with E-state index in [4.69, 9.17) is 0 Å². The fraction of sp³-hybridized carbons (Fsp3) is 0.500. The van der Waals surface area contributed by atoms with Crippen molar-refractivity contribution in [3.8, 4) is 0 Å². The van der Waals surface area contributed by atoms with Crippen molar-refractivity contribution < 1.29 is 18.3 Å². The maximum absolute atomic E-state index is 12.6. The summed E-state index contributed by atoms with van der Waals surface area (Å²) in [5.41, 5.74) is -0.201. The largest absolute Gasteiger partial charge is 0.388 e. The molecule has 2 fully saturated rings. The molecular weight excluding hydrogens is 278 g/mol. The van der Waals surface area contributed by atoms with Gasteiger partial charge in [0.25, 0.3) is 0 Å². The Labute approximate surface area is 118 Å². The van der Waals surface area contributed by atoms with E-state index in [-0.39, 0.29) is 23.6 Å². The van der Waals surface area contributed by atoms with Crippen molar-refractivity contribution in [1.29, 1.82) is 0 Å². The first kappa shape index (κ1) is 13.7. The highest BCUT2D eigenvalue weighted by Crippen LogP contribution is 2.41. The molecule has 2 aliphatic rings. The molecule has 1 aromatic rings. The molecule has 0 amide bonds. The number of aliphatic hydroxyl groups is 1. The SMILES string of the molecule is Cc1ccc(S(=O)(=O)N2CC[C@@]3(O)CCC(=O)[C@@H]23)cc1. The van der Waals surface area contributed by atoms with Crippen LogP contribution in [-0.4, -0.2) is 41.8 Å². The number of aryl methyl sites for hydroxylation is 1. The summed E-state index contributed by atoms with van der Waals surface area (Å²) < 4.78 is 26.5. The number of carbonyl (C=O) groups excluding carboxylic acids is 1. The van der Waals surface area contributed by atoms with Crippen LogP contribution >= 0.6 is 0 Å². The second-order valence-electron chi connectivity index (χ2n) is 5.65. The van der Waals surface area contributed by atoms with Crippen LogP contribution < -0.4 is 0 Å². The number of sulfonamides is 1. The summed E-state index contributed by atoms with van der Waals surface area (Å²) in [6, 6.07) is 5.63. The van der Waals surface area contributed by atoms with Crippen LogP contribution in [0, 0.1) is 6.92 Å². The molecule has 0 spiro atoms. The van der Waals surface area contributed by atoms with Crippen molar-refractivity contribution in [3.63, 3.8) is 0 Å². The molecule has 1 heterocycles. The third kappa shape index (κ3) is 1.90. The second-order valence-corrected chi connectivity index (χ2v) is 7.54. The predicted molar refractivity (Wildman–Crippen MR) is 72.7 cm³/mol. The van der Waals surface area contributed by atoms with Gasteiger partial charge in [-0.25, -0.2) is 8.42 Å². The Balaban J connectivity index is 2.00. The van der Waals surface area contributed by atoms with Crippen LogP contribution in [0.2, 0.25) is 0 Å². The molecule has 6 heteroatoms. The van der Waals surface area contributed by atoms with Gasteiger partial charge in [0.1, 0.15) is 6.04 Å². The predicted octanol–water partition coefficient (Wildman–Crippen LogP) is 0.852. The van der Waals surface area contributed by atoms with Crippen molar-refractivity contribution in [1.82, 2.24) is 4.31 Å². The minimum Gasteiger partial charge on any atom is -0.388 e. The first-order valence-electron chi connectivity index (χ1n) is 6.68. The fourth-order valence-corrected chi connectivity index (χ4v) is 4.81. The first-order valence-corrected chi connectivity index (χ1v) is 8.12. The number of nitrogens with zero attached hydrogens (tertiary/aromatic N) is 1. The van der Waals surface area contributed by atoms with Crippen LogP contribution in [0.1, 0.15) is 24.8 Å². The van der Waals surface area contributed by atoms with E-state index in [9.17, 15) is 18.3 Å². The van der Waals surface area contributed by atoms with E-state index in [1.807, 2.05) is 6.92 Å². The number of hydrogen-bond donors (Lipinski definition) is 1. The highest BCUT2D eigenvalue weighted by atomic mass is 32.2. The first-order chi connectivity index (χ1) is 9.34. The molecular formula is C14H17NO4S. The highest BCUT2D eigenvalue weighted by Gasteiger charge is 2.57. The minimum atomic E-state index is -3.73. The fourth-order valence-electron chi connectivity index (χ4n) is 3.14. The average molecular weight is 295 g/mol. The summed E-state index contributed by atoms with van der Waals surface area (Å²) >= 11 is 0. The van der Waals surface area contributed by atoms with Gasteiger partial charge in [0.05, 0.1) is 10.5 Å². The van der Waals surface area contributed by atoms with Gasteiger partial charge >= 0.3 is 0 Å². The van der Waals surface area contributed by atoms with Gasteiger partial charge in [0, 0.05) is 13.0 Å². The zero-order valence-corrected chi connectivity index (χ0v) is 12.1. The van der Waals surface area contributed by atoms with Crippen molar-refractivity contribution >= 4 is 15.8 Å². The average Bonchev–Trinajstić information content (AvgIpc) is 2.88. The maximum Gasteiger partial charge on any atom is 0.243 e. The zero-order valence-electron chi connectivity index (χ0n) is 11.2. The monoisotopic (exact) mass is 295 g/mol. The van der Waals surface area contributed by atoms with Gasteiger partial charge in [-0.05, 0) is 31.9 Å². The Kier molecular flexibility index (Phi) is 3.00. The molecule has 108 valence electrons. The third-order valence-corrected chi connectivity index (χ3v) is 6.18. The molecule has 1 saturated carbocycles. The van der Waals surface area contributed by atoms with E-state index < -0.39 is 21.7 Å². The number of fused-ring (bicyclic) bond motifs is 1. The van der Waals surface area contributed by atoms with E-state index in [0.717, 1.165) is 5.56 Å². The number of carbonyl (C=O) groups is 1. The van der Waals surface area contributed by atoms with Crippen molar-refractivity contribution in [3.05, 3.63) is 29.8 Å². The standard InChI is InChI=1S/C14H17NO4S/c1-10-2-4-11(5-3-10)20(18,19)15-9-8-14(17)7-6-12(16)13(14)15/h2-5,13,17H,6-9H2,1H3/t13-,14+/m1/s1. The Morgan fingerprint density at radius 1 is 1.25 bits per heavy atom. The summed E-state index contributed by atoms with van der Waals surface area (Å²) in [6.07, 6.45) is 0.937. The number of benzene rings is 1. The number of Topliss-reactive ketones (excluding diaryl/α,β-unsaturated/α-hetero) is 1. The Morgan fingerprint density at radius 3 is 2.55 bits per heavy atom. The summed E-state index contributed by atoms with van der Waals surface area (Å²) in [5, 5.41) is 10.4. The lowest BCUT2D eigenvalue weighted by Crippen LogP contribution is -2.46. The second kappa shape index (κ2) is 4.38. The van der Waals surface area contributed by atoms with Gasteiger partial charge in [-0.3, -0.25) is 4.79 Å². The summed E-state index contributed by atoms with van der Waals surface area (Å²) in [6.45, 7) is 2.08. The molecule has 3 rings (SSSR count). The maximum atomic E-state index is 12.6. The molecule has 1 aliphatic heterocycles. The molecule has 1 aliphatic carbocycles. The molecule has 20 heavy (non-hydrogen) atoms. The van der Waals surface area contributed by atoms with E-state index in [0.29, 0.717) is 12.8 Å². The number of rotatable bonds is 2. The van der Waals surface area contributed by atoms with Crippen LogP contribution in [0.5, 0.6) is 0 Å². The van der Waals surface area contributed by atoms with E-state index in [1.165, 1.54) is 4.31 Å². The van der Waals surface area contributed by atoms with Gasteiger partial charge in [0.2, 0.25) is 10.0 Å². The highest BCUT2D eigenvalue weighted by molar-refractivity contribution is 7.89. The Morgan fingerprint density at radius 2 is 1.90 bits per heavy atom. The van der Waals surface area contributed by atoms with Crippen molar-refractivity contribution in [2.45, 2.75) is 42.7 Å². The van der Waals surface area contributed by atoms with Gasteiger partial charge in [-0.2, -0.15) is 4.31 Å². The third-order valence-electron chi connectivity index (χ3n) is 4.30. The van der Waals surface area contributed by atoms with E-state index in [1.54, 1.807) is 24.3 Å². The number of hydrogen-bond acceptors (Lipinski definition) is 4. The van der Waals surface area contributed by atoms with Crippen LogP contribution in [0.15, 0.2) is 29.2 Å². The van der Waals surface area contributed by atoms with Crippen molar-refractivity contribution in [2.24, 2.45) is 0 Å². The van der Waals surface area contributed by atoms with Gasteiger partial charge in [-0.1, -0.05) is 17.7 Å². The number of ketones is 1. The molecule has 0 aromatic heterocycles. The molecule has 1 aromatic carbocycles. The lowest BCUT2D eigenvalue weighted by molar-refractivity contribution is -0.122. The lowest BCUT2D eigenvalue weighted by atomic mass is 9.98. The summed E-state index contributed by atoms with van der Waals surface area (Å²) in [5.74, 6) is -0.180. The summed E-state index contributed by atoms with van der Waals surface area (Å²) in [4.78, 5) is 12.1. The lowest BCUT2D eigenvalue weighted by Gasteiger charge is -2.26. The zero-order chi connectivity index (χ0) is 14.5. The Hall–Kier alpha value is -1.24. The molecule has 0 unspecified atom stereocenters.